The Morgan fingerprint density at radius 2 is 2.07 bits per heavy atom. The number of hydrogen-bond donors (Lipinski definition) is 2. The van der Waals surface area contributed by atoms with Crippen LogP contribution < -0.4 is 5.32 Å². The van der Waals surface area contributed by atoms with Crippen molar-refractivity contribution in [2.24, 2.45) is 0 Å². The SMILES string of the molecule is C#C[C@@](O)(c1ccccc1)[C@@H]1CCN1. The fourth-order valence-corrected chi connectivity index (χ4v) is 1.72. The summed E-state index contributed by atoms with van der Waals surface area (Å²) in [7, 11) is 0. The van der Waals surface area contributed by atoms with Gasteiger partial charge in [-0.05, 0) is 18.5 Å². The van der Waals surface area contributed by atoms with E-state index >= 15 is 0 Å². The molecule has 0 saturated carbocycles. The maximum atomic E-state index is 10.3. The Morgan fingerprint density at radius 1 is 1.43 bits per heavy atom. The lowest BCUT2D eigenvalue weighted by Gasteiger charge is -2.39. The highest BCUT2D eigenvalue weighted by Gasteiger charge is 2.39. The van der Waals surface area contributed by atoms with E-state index < -0.39 is 5.60 Å². The minimum Gasteiger partial charge on any atom is -0.372 e. The van der Waals surface area contributed by atoms with E-state index in [2.05, 4.69) is 11.2 Å². The minimum atomic E-state index is -1.15. The molecule has 0 radical (unpaired) electrons. The molecule has 1 aromatic carbocycles. The fourth-order valence-electron chi connectivity index (χ4n) is 1.72. The molecule has 1 saturated heterocycles. The number of aliphatic hydroxyl groups is 1. The molecule has 2 atom stereocenters. The highest BCUT2D eigenvalue weighted by atomic mass is 16.3. The van der Waals surface area contributed by atoms with Crippen molar-refractivity contribution in [2.45, 2.75) is 18.1 Å². The van der Waals surface area contributed by atoms with Crippen LogP contribution in [0.25, 0.3) is 0 Å². The summed E-state index contributed by atoms with van der Waals surface area (Å²) in [5.41, 5.74) is -0.362. The van der Waals surface area contributed by atoms with Crippen LogP contribution in [0, 0.1) is 12.3 Å². The standard InChI is InChI=1S/C12H13NO/c1-2-12(14,11-8-9-13-11)10-6-4-3-5-7-10/h1,3-7,11,13-14H,8-9H2/t11-,12+/m0/s1. The second-order valence-corrected chi connectivity index (χ2v) is 3.57. The van der Waals surface area contributed by atoms with Gasteiger partial charge in [-0.25, -0.2) is 0 Å². The molecule has 1 aliphatic heterocycles. The summed E-state index contributed by atoms with van der Waals surface area (Å²) in [5, 5.41) is 13.5. The number of terminal acetylenes is 1. The summed E-state index contributed by atoms with van der Waals surface area (Å²) in [6, 6.07) is 9.40. The summed E-state index contributed by atoms with van der Waals surface area (Å²) >= 11 is 0. The van der Waals surface area contributed by atoms with Crippen LogP contribution in [0.15, 0.2) is 30.3 Å². The zero-order chi connectivity index (χ0) is 10.0. The van der Waals surface area contributed by atoms with Crippen LogP contribution in [0.2, 0.25) is 0 Å². The van der Waals surface area contributed by atoms with Crippen molar-refractivity contribution in [3.63, 3.8) is 0 Å². The first-order valence-electron chi connectivity index (χ1n) is 4.76. The van der Waals surface area contributed by atoms with Crippen molar-refractivity contribution in [1.29, 1.82) is 0 Å². The van der Waals surface area contributed by atoms with E-state index in [9.17, 15) is 5.11 Å². The van der Waals surface area contributed by atoms with Gasteiger partial charge in [0.25, 0.3) is 0 Å². The van der Waals surface area contributed by atoms with Gasteiger partial charge in [-0.2, -0.15) is 0 Å². The molecule has 0 spiro atoms. The molecule has 0 bridgehead atoms. The molecule has 72 valence electrons. The predicted octanol–water partition coefficient (Wildman–Crippen LogP) is 0.869. The Morgan fingerprint density at radius 3 is 2.50 bits per heavy atom. The normalized spacial score (nSPS) is 24.4. The first kappa shape index (κ1) is 9.26. The Hall–Kier alpha value is -1.30. The minimum absolute atomic E-state index is 0.00472. The largest absolute Gasteiger partial charge is 0.372 e. The first-order chi connectivity index (χ1) is 6.77. The fraction of sp³-hybridized carbons (Fsp3) is 0.333. The molecular formula is C12H13NO. The second kappa shape index (κ2) is 3.45. The third kappa shape index (κ3) is 1.31. The lowest BCUT2D eigenvalue weighted by molar-refractivity contribution is 0.0281. The van der Waals surface area contributed by atoms with Crippen LogP contribution in [0.3, 0.4) is 0 Å². The maximum absolute atomic E-state index is 10.3. The monoisotopic (exact) mass is 187 g/mol. The van der Waals surface area contributed by atoms with Crippen LogP contribution >= 0.6 is 0 Å². The molecule has 0 aliphatic carbocycles. The van der Waals surface area contributed by atoms with E-state index in [0.717, 1.165) is 18.5 Å². The van der Waals surface area contributed by atoms with E-state index in [1.165, 1.54) is 0 Å². The molecule has 2 rings (SSSR count). The molecule has 1 aliphatic rings. The zero-order valence-corrected chi connectivity index (χ0v) is 7.90. The van der Waals surface area contributed by atoms with Crippen molar-refractivity contribution >= 4 is 0 Å². The van der Waals surface area contributed by atoms with Gasteiger partial charge in [0.05, 0.1) is 6.04 Å². The predicted molar refractivity (Wildman–Crippen MR) is 55.6 cm³/mol. The quantitative estimate of drug-likeness (QED) is 0.673. The Kier molecular flexibility index (Phi) is 2.28. The highest BCUT2D eigenvalue weighted by molar-refractivity contribution is 5.33. The van der Waals surface area contributed by atoms with E-state index in [0.29, 0.717) is 0 Å². The lowest BCUT2D eigenvalue weighted by atomic mass is 9.82. The van der Waals surface area contributed by atoms with Gasteiger partial charge in [0.1, 0.15) is 0 Å². The topological polar surface area (TPSA) is 32.3 Å². The van der Waals surface area contributed by atoms with Crippen molar-refractivity contribution < 1.29 is 5.11 Å². The second-order valence-electron chi connectivity index (χ2n) is 3.57. The van der Waals surface area contributed by atoms with Crippen molar-refractivity contribution in [3.05, 3.63) is 35.9 Å². The summed E-state index contributed by atoms with van der Waals surface area (Å²) in [6.07, 6.45) is 6.34. The number of nitrogens with one attached hydrogen (secondary N) is 1. The van der Waals surface area contributed by atoms with Gasteiger partial charge >= 0.3 is 0 Å². The molecule has 1 aromatic rings. The number of benzene rings is 1. The van der Waals surface area contributed by atoms with Gasteiger partial charge in [-0.15, -0.1) is 6.42 Å². The van der Waals surface area contributed by atoms with Crippen molar-refractivity contribution in [1.82, 2.24) is 5.32 Å². The van der Waals surface area contributed by atoms with Crippen LogP contribution in [-0.2, 0) is 5.60 Å². The average molecular weight is 187 g/mol. The molecular weight excluding hydrogens is 174 g/mol. The Bertz CT molecular complexity index is 350. The molecule has 2 N–H and O–H groups in total. The third-order valence-corrected chi connectivity index (χ3v) is 2.76. The summed E-state index contributed by atoms with van der Waals surface area (Å²) < 4.78 is 0. The summed E-state index contributed by atoms with van der Waals surface area (Å²) in [5.74, 6) is 2.49. The van der Waals surface area contributed by atoms with Gasteiger partial charge in [0, 0.05) is 0 Å². The maximum Gasteiger partial charge on any atom is 0.165 e. The first-order valence-corrected chi connectivity index (χ1v) is 4.76. The van der Waals surface area contributed by atoms with Crippen molar-refractivity contribution in [3.8, 4) is 12.3 Å². The molecule has 2 nitrogen and oxygen atoms in total. The molecule has 0 unspecified atom stereocenters. The molecule has 2 heteroatoms. The summed E-state index contributed by atoms with van der Waals surface area (Å²) in [4.78, 5) is 0. The van der Waals surface area contributed by atoms with E-state index in [1.807, 2.05) is 30.3 Å². The van der Waals surface area contributed by atoms with Crippen LogP contribution in [-0.4, -0.2) is 17.7 Å². The molecule has 1 heterocycles. The molecule has 0 amide bonds. The van der Waals surface area contributed by atoms with Crippen LogP contribution in [0.4, 0.5) is 0 Å². The average Bonchev–Trinajstić information content (AvgIpc) is 2.16. The molecule has 0 aromatic heterocycles. The van der Waals surface area contributed by atoms with E-state index in [1.54, 1.807) is 0 Å². The highest BCUT2D eigenvalue weighted by Crippen LogP contribution is 2.29. The van der Waals surface area contributed by atoms with Gasteiger partial charge in [0.15, 0.2) is 5.60 Å². The number of rotatable bonds is 2. The van der Waals surface area contributed by atoms with Gasteiger partial charge in [0.2, 0.25) is 0 Å². The van der Waals surface area contributed by atoms with Crippen LogP contribution in [0.5, 0.6) is 0 Å². The van der Waals surface area contributed by atoms with E-state index in [4.69, 9.17) is 6.42 Å². The molecule has 1 fully saturated rings. The lowest BCUT2D eigenvalue weighted by Crippen LogP contribution is -2.56. The van der Waals surface area contributed by atoms with E-state index in [-0.39, 0.29) is 6.04 Å². The van der Waals surface area contributed by atoms with Gasteiger partial charge in [-0.1, -0.05) is 36.3 Å². The Labute approximate surface area is 84.0 Å². The zero-order valence-electron chi connectivity index (χ0n) is 7.90. The Balaban J connectivity index is 2.33. The smallest absolute Gasteiger partial charge is 0.165 e. The molecule has 14 heavy (non-hydrogen) atoms. The summed E-state index contributed by atoms with van der Waals surface area (Å²) in [6.45, 7) is 0.932. The van der Waals surface area contributed by atoms with Crippen LogP contribution in [0.1, 0.15) is 12.0 Å². The van der Waals surface area contributed by atoms with Gasteiger partial charge < -0.3 is 10.4 Å². The number of hydrogen-bond acceptors (Lipinski definition) is 2. The van der Waals surface area contributed by atoms with Crippen molar-refractivity contribution in [2.75, 3.05) is 6.54 Å². The third-order valence-electron chi connectivity index (χ3n) is 2.76. The van der Waals surface area contributed by atoms with Gasteiger partial charge in [-0.3, -0.25) is 0 Å².